The first-order valence-electron chi connectivity index (χ1n) is 9.62. The van der Waals surface area contributed by atoms with Crippen molar-refractivity contribution in [2.45, 2.75) is 25.8 Å². The van der Waals surface area contributed by atoms with E-state index in [1.807, 2.05) is 68.7 Å². The van der Waals surface area contributed by atoms with Crippen LogP contribution in [0.5, 0.6) is 0 Å². The number of amides is 1. The predicted molar refractivity (Wildman–Crippen MR) is 111 cm³/mol. The van der Waals surface area contributed by atoms with E-state index in [9.17, 15) is 4.79 Å². The third-order valence-corrected chi connectivity index (χ3v) is 5.20. The standard InChI is InChI=1S/C23H24N4O/c1-15-5-4-12-25-21(15)22(16-8-9-16)27-23(28)18-7-3-6-17(13-18)19-10-11-20(24-2)26-14-19/h3-7,10-14,16,22H,8-9H2,1-2H3,(H,24,26)(H,27,28). The first-order valence-corrected chi connectivity index (χ1v) is 9.62. The van der Waals surface area contributed by atoms with Gasteiger partial charge in [0.15, 0.2) is 0 Å². The van der Waals surface area contributed by atoms with Crippen LogP contribution in [0.1, 0.15) is 40.5 Å². The summed E-state index contributed by atoms with van der Waals surface area (Å²) in [5, 5.41) is 6.23. The third-order valence-electron chi connectivity index (χ3n) is 5.20. The molecular weight excluding hydrogens is 348 g/mol. The molecule has 4 rings (SSSR count). The average Bonchev–Trinajstić information content (AvgIpc) is 3.58. The summed E-state index contributed by atoms with van der Waals surface area (Å²) in [7, 11) is 1.84. The van der Waals surface area contributed by atoms with Crippen LogP contribution in [-0.2, 0) is 0 Å². The number of pyridine rings is 2. The molecule has 2 aromatic heterocycles. The minimum Gasteiger partial charge on any atom is -0.373 e. The van der Waals surface area contributed by atoms with Crippen LogP contribution >= 0.6 is 0 Å². The van der Waals surface area contributed by atoms with Crippen LogP contribution in [0.4, 0.5) is 5.82 Å². The monoisotopic (exact) mass is 372 g/mol. The van der Waals surface area contributed by atoms with E-state index in [0.29, 0.717) is 11.5 Å². The van der Waals surface area contributed by atoms with E-state index >= 15 is 0 Å². The van der Waals surface area contributed by atoms with E-state index in [2.05, 4.69) is 20.6 Å². The van der Waals surface area contributed by atoms with Gasteiger partial charge in [-0.15, -0.1) is 0 Å². The lowest BCUT2D eigenvalue weighted by molar-refractivity contribution is 0.0930. The minimum absolute atomic E-state index is 0.0334. The molecule has 0 radical (unpaired) electrons. The summed E-state index contributed by atoms with van der Waals surface area (Å²) >= 11 is 0. The number of anilines is 1. The van der Waals surface area contributed by atoms with Crippen molar-refractivity contribution < 1.29 is 4.79 Å². The van der Waals surface area contributed by atoms with Crippen LogP contribution in [0.2, 0.25) is 0 Å². The highest BCUT2D eigenvalue weighted by molar-refractivity contribution is 5.95. The fraction of sp³-hybridized carbons (Fsp3) is 0.261. The molecule has 1 saturated carbocycles. The fourth-order valence-electron chi connectivity index (χ4n) is 3.44. The molecular formula is C23H24N4O. The number of aryl methyl sites for hydroxylation is 1. The third kappa shape index (κ3) is 3.88. The predicted octanol–water partition coefficient (Wildman–Crippen LogP) is 4.37. The highest BCUT2D eigenvalue weighted by Gasteiger charge is 2.35. The number of nitrogens with zero attached hydrogens (tertiary/aromatic N) is 2. The first kappa shape index (κ1) is 18.2. The summed E-state index contributed by atoms with van der Waals surface area (Å²) in [4.78, 5) is 21.9. The molecule has 1 amide bonds. The highest BCUT2D eigenvalue weighted by Crippen LogP contribution is 2.41. The van der Waals surface area contributed by atoms with Crippen molar-refractivity contribution in [3.63, 3.8) is 0 Å². The molecule has 0 spiro atoms. The highest BCUT2D eigenvalue weighted by atomic mass is 16.1. The summed E-state index contributed by atoms with van der Waals surface area (Å²) in [6.45, 7) is 2.05. The molecule has 1 aliphatic rings. The molecule has 5 nitrogen and oxygen atoms in total. The van der Waals surface area contributed by atoms with Crippen molar-refractivity contribution in [1.82, 2.24) is 15.3 Å². The van der Waals surface area contributed by atoms with E-state index in [4.69, 9.17) is 0 Å². The molecule has 1 aliphatic carbocycles. The van der Waals surface area contributed by atoms with E-state index in [1.165, 1.54) is 0 Å². The zero-order valence-electron chi connectivity index (χ0n) is 16.1. The van der Waals surface area contributed by atoms with Gasteiger partial charge in [0.1, 0.15) is 5.82 Å². The molecule has 1 aromatic carbocycles. The van der Waals surface area contributed by atoms with Crippen molar-refractivity contribution in [3.8, 4) is 11.1 Å². The molecule has 3 aromatic rings. The summed E-state index contributed by atoms with van der Waals surface area (Å²) in [5.74, 6) is 1.22. The minimum atomic E-state index is -0.0661. The number of benzene rings is 1. The molecule has 2 N–H and O–H groups in total. The largest absolute Gasteiger partial charge is 0.373 e. The van der Waals surface area contributed by atoms with Crippen LogP contribution in [0.15, 0.2) is 60.9 Å². The van der Waals surface area contributed by atoms with E-state index in [-0.39, 0.29) is 11.9 Å². The summed E-state index contributed by atoms with van der Waals surface area (Å²) in [6, 6.07) is 15.5. The van der Waals surface area contributed by atoms with Gasteiger partial charge in [0.2, 0.25) is 0 Å². The van der Waals surface area contributed by atoms with Crippen LogP contribution in [0.3, 0.4) is 0 Å². The van der Waals surface area contributed by atoms with Gasteiger partial charge in [-0.1, -0.05) is 18.2 Å². The second-order valence-corrected chi connectivity index (χ2v) is 7.26. The maximum Gasteiger partial charge on any atom is 0.251 e. The number of hydrogen-bond donors (Lipinski definition) is 2. The Balaban J connectivity index is 1.56. The molecule has 1 unspecified atom stereocenters. The van der Waals surface area contributed by atoms with Gasteiger partial charge in [-0.2, -0.15) is 0 Å². The van der Waals surface area contributed by atoms with E-state index in [0.717, 1.165) is 41.0 Å². The van der Waals surface area contributed by atoms with Crippen molar-refractivity contribution in [1.29, 1.82) is 0 Å². The molecule has 0 saturated heterocycles. The number of carbonyl (C=O) groups excluding carboxylic acids is 1. The summed E-state index contributed by atoms with van der Waals surface area (Å²) < 4.78 is 0. The van der Waals surface area contributed by atoms with Gasteiger partial charge in [0.05, 0.1) is 11.7 Å². The molecule has 1 fully saturated rings. The molecule has 0 aliphatic heterocycles. The van der Waals surface area contributed by atoms with Gasteiger partial charge in [-0.05, 0) is 67.1 Å². The first-order chi connectivity index (χ1) is 13.7. The molecule has 28 heavy (non-hydrogen) atoms. The van der Waals surface area contributed by atoms with E-state index < -0.39 is 0 Å². The number of aromatic nitrogens is 2. The topological polar surface area (TPSA) is 66.9 Å². The van der Waals surface area contributed by atoms with Gasteiger partial charge in [0, 0.05) is 30.6 Å². The molecule has 1 atom stereocenters. The summed E-state index contributed by atoms with van der Waals surface area (Å²) in [6.07, 6.45) is 5.87. The Morgan fingerprint density at radius 3 is 2.61 bits per heavy atom. The zero-order valence-corrected chi connectivity index (χ0v) is 16.1. The normalized spacial score (nSPS) is 14.4. The van der Waals surface area contributed by atoms with Crippen molar-refractivity contribution in [3.05, 3.63) is 77.7 Å². The quantitative estimate of drug-likeness (QED) is 0.674. The Kier molecular flexibility index (Phi) is 5.06. The number of nitrogens with one attached hydrogen (secondary N) is 2. The second kappa shape index (κ2) is 7.80. The lowest BCUT2D eigenvalue weighted by Gasteiger charge is -2.20. The molecule has 0 bridgehead atoms. The van der Waals surface area contributed by atoms with Gasteiger partial charge < -0.3 is 10.6 Å². The van der Waals surface area contributed by atoms with Gasteiger partial charge in [-0.3, -0.25) is 9.78 Å². The second-order valence-electron chi connectivity index (χ2n) is 7.26. The molecule has 5 heteroatoms. The molecule has 2 heterocycles. The van der Waals surface area contributed by atoms with Crippen molar-refractivity contribution >= 4 is 11.7 Å². The van der Waals surface area contributed by atoms with Crippen LogP contribution in [0.25, 0.3) is 11.1 Å². The Morgan fingerprint density at radius 1 is 1.07 bits per heavy atom. The maximum absolute atomic E-state index is 13.0. The van der Waals surface area contributed by atoms with Crippen LogP contribution in [0, 0.1) is 12.8 Å². The molecule has 142 valence electrons. The fourth-order valence-corrected chi connectivity index (χ4v) is 3.44. The van der Waals surface area contributed by atoms with Gasteiger partial charge in [0.25, 0.3) is 5.91 Å². The van der Waals surface area contributed by atoms with Crippen molar-refractivity contribution in [2.75, 3.05) is 12.4 Å². The Morgan fingerprint density at radius 2 is 1.93 bits per heavy atom. The van der Waals surface area contributed by atoms with Gasteiger partial charge >= 0.3 is 0 Å². The SMILES string of the molecule is CNc1ccc(-c2cccc(C(=O)NC(c3ncccc3C)C3CC3)c2)cn1. The van der Waals surface area contributed by atoms with Crippen molar-refractivity contribution in [2.24, 2.45) is 5.92 Å². The average molecular weight is 372 g/mol. The lowest BCUT2D eigenvalue weighted by Crippen LogP contribution is -2.31. The zero-order chi connectivity index (χ0) is 19.5. The van der Waals surface area contributed by atoms with Gasteiger partial charge in [-0.25, -0.2) is 4.98 Å². The number of rotatable bonds is 6. The summed E-state index contributed by atoms with van der Waals surface area (Å²) in [5.41, 5.74) is 4.69. The van der Waals surface area contributed by atoms with E-state index in [1.54, 1.807) is 6.20 Å². The van der Waals surface area contributed by atoms with Crippen LogP contribution < -0.4 is 10.6 Å². The Labute approximate surface area is 165 Å². The maximum atomic E-state index is 13.0. The lowest BCUT2D eigenvalue weighted by atomic mass is 10.0. The van der Waals surface area contributed by atoms with Crippen LogP contribution in [-0.4, -0.2) is 22.9 Å². The Hall–Kier alpha value is -3.21. The number of hydrogen-bond acceptors (Lipinski definition) is 4. The number of carbonyl (C=O) groups is 1. The smallest absolute Gasteiger partial charge is 0.251 e. The Bertz CT molecular complexity index is 980.